The van der Waals surface area contributed by atoms with Crippen molar-refractivity contribution in [1.29, 1.82) is 0 Å². The van der Waals surface area contributed by atoms with E-state index in [0.717, 1.165) is 23.0 Å². The van der Waals surface area contributed by atoms with Crippen LogP contribution in [0.25, 0.3) is 0 Å². The van der Waals surface area contributed by atoms with Gasteiger partial charge < -0.3 is 15.0 Å². The topological polar surface area (TPSA) is 75.7 Å². The molecule has 8 heteroatoms. The molecule has 6 nitrogen and oxygen atoms in total. The van der Waals surface area contributed by atoms with Crippen LogP contribution in [0.2, 0.25) is 0 Å². The third-order valence-electron chi connectivity index (χ3n) is 4.75. The van der Waals surface area contributed by atoms with Gasteiger partial charge in [-0.2, -0.15) is 0 Å². The van der Waals surface area contributed by atoms with Crippen LogP contribution in [0.5, 0.6) is 0 Å². The Balaban J connectivity index is 1.78. The van der Waals surface area contributed by atoms with Crippen molar-refractivity contribution in [3.63, 3.8) is 0 Å². The summed E-state index contributed by atoms with van der Waals surface area (Å²) in [4.78, 5) is 39.4. The van der Waals surface area contributed by atoms with Crippen LogP contribution >= 0.6 is 11.3 Å². The lowest BCUT2D eigenvalue weighted by molar-refractivity contribution is -0.140. The van der Waals surface area contributed by atoms with Gasteiger partial charge in [-0.05, 0) is 42.3 Å². The van der Waals surface area contributed by atoms with Crippen LogP contribution in [0.3, 0.4) is 0 Å². The Morgan fingerprint density at radius 3 is 2.50 bits per heavy atom. The number of amides is 2. The zero-order chi connectivity index (χ0) is 23.1. The quantitative estimate of drug-likeness (QED) is 0.503. The Hall–Kier alpha value is -3.52. The molecule has 0 aliphatic carbocycles. The first kappa shape index (κ1) is 23.1. The van der Waals surface area contributed by atoms with Crippen molar-refractivity contribution in [2.24, 2.45) is 0 Å². The van der Waals surface area contributed by atoms with Crippen LogP contribution in [-0.2, 0) is 16.1 Å². The van der Waals surface area contributed by atoms with Crippen molar-refractivity contribution in [3.8, 4) is 0 Å². The van der Waals surface area contributed by atoms with E-state index in [9.17, 15) is 18.8 Å². The van der Waals surface area contributed by atoms with Crippen molar-refractivity contribution in [3.05, 3.63) is 88.0 Å². The van der Waals surface area contributed by atoms with E-state index < -0.39 is 17.7 Å². The summed E-state index contributed by atoms with van der Waals surface area (Å²) < 4.78 is 18.1. The third-order valence-corrected chi connectivity index (χ3v) is 5.89. The fraction of sp³-hybridized carbons (Fsp3) is 0.208. The predicted octanol–water partition coefficient (Wildman–Crippen LogP) is 4.65. The molecule has 0 radical (unpaired) electrons. The largest absolute Gasteiger partial charge is 0.469 e. The summed E-state index contributed by atoms with van der Waals surface area (Å²) in [6.07, 6.45) is 0.0721. The number of methoxy groups -OCH3 is 1. The summed E-state index contributed by atoms with van der Waals surface area (Å²) in [6, 6.07) is 16.6. The molecule has 0 aliphatic rings. The maximum Gasteiger partial charge on any atom is 0.307 e. The number of anilines is 1. The zero-order valence-corrected chi connectivity index (χ0v) is 18.6. The molecule has 3 aromatic rings. The number of halogens is 1. The predicted molar refractivity (Wildman–Crippen MR) is 121 cm³/mol. The molecule has 1 N–H and O–H groups in total. The number of benzene rings is 2. The molecule has 3 rings (SSSR count). The highest BCUT2D eigenvalue weighted by Crippen LogP contribution is 2.29. The van der Waals surface area contributed by atoms with E-state index >= 15 is 0 Å². The Morgan fingerprint density at radius 2 is 1.81 bits per heavy atom. The number of aryl methyl sites for hydroxylation is 1. The van der Waals surface area contributed by atoms with Crippen LogP contribution in [-0.4, -0.2) is 36.3 Å². The SMILES string of the molecule is COC(=O)CCN(Cc1ccccc1)C(=O)c1sc(NC(=O)c2cccc(F)c2)cc1C. The first-order chi connectivity index (χ1) is 15.4. The number of ether oxygens (including phenoxy) is 1. The molecule has 32 heavy (non-hydrogen) atoms. The number of hydrogen-bond acceptors (Lipinski definition) is 5. The van der Waals surface area contributed by atoms with Gasteiger partial charge in [-0.1, -0.05) is 36.4 Å². The zero-order valence-electron chi connectivity index (χ0n) is 17.8. The smallest absolute Gasteiger partial charge is 0.307 e. The number of esters is 1. The minimum atomic E-state index is -0.502. The minimum absolute atomic E-state index is 0.0721. The number of hydrogen-bond donors (Lipinski definition) is 1. The molecule has 0 bridgehead atoms. The van der Waals surface area contributed by atoms with Gasteiger partial charge in [0, 0.05) is 18.7 Å². The number of rotatable bonds is 8. The Labute approximate surface area is 189 Å². The van der Waals surface area contributed by atoms with Gasteiger partial charge in [0.05, 0.1) is 23.4 Å². The van der Waals surface area contributed by atoms with E-state index in [-0.39, 0.29) is 24.4 Å². The van der Waals surface area contributed by atoms with E-state index in [1.807, 2.05) is 30.3 Å². The monoisotopic (exact) mass is 454 g/mol. The molecule has 0 atom stereocenters. The highest BCUT2D eigenvalue weighted by molar-refractivity contribution is 7.18. The number of carbonyl (C=O) groups excluding carboxylic acids is 3. The maximum absolute atomic E-state index is 13.4. The first-order valence-corrected chi connectivity index (χ1v) is 10.8. The van der Waals surface area contributed by atoms with Crippen molar-refractivity contribution in [1.82, 2.24) is 4.90 Å². The van der Waals surface area contributed by atoms with Gasteiger partial charge in [0.2, 0.25) is 0 Å². The summed E-state index contributed by atoms with van der Waals surface area (Å²) in [5.41, 5.74) is 1.82. The Kier molecular flexibility index (Phi) is 7.72. The number of nitrogens with one attached hydrogen (secondary N) is 1. The van der Waals surface area contributed by atoms with Crippen LogP contribution in [0.15, 0.2) is 60.7 Å². The number of thiophene rings is 1. The minimum Gasteiger partial charge on any atom is -0.469 e. The average molecular weight is 455 g/mol. The van der Waals surface area contributed by atoms with Crippen LogP contribution in [0.4, 0.5) is 9.39 Å². The molecule has 0 saturated carbocycles. The van der Waals surface area contributed by atoms with Crippen LogP contribution in [0, 0.1) is 12.7 Å². The van der Waals surface area contributed by atoms with Gasteiger partial charge in [-0.15, -0.1) is 11.3 Å². The number of carbonyl (C=O) groups is 3. The molecular formula is C24H23FN2O4S. The van der Waals surface area contributed by atoms with Gasteiger partial charge in [0.1, 0.15) is 5.82 Å². The molecule has 0 spiro atoms. The van der Waals surface area contributed by atoms with Gasteiger partial charge in [0.15, 0.2) is 0 Å². The fourth-order valence-corrected chi connectivity index (χ4v) is 4.13. The van der Waals surface area contributed by atoms with Gasteiger partial charge in [-0.25, -0.2) is 4.39 Å². The van der Waals surface area contributed by atoms with Gasteiger partial charge in [0.25, 0.3) is 11.8 Å². The highest BCUT2D eigenvalue weighted by Gasteiger charge is 2.22. The Morgan fingerprint density at radius 1 is 1.06 bits per heavy atom. The van der Waals surface area contributed by atoms with Crippen molar-refractivity contribution in [2.45, 2.75) is 19.9 Å². The average Bonchev–Trinajstić information content (AvgIpc) is 3.16. The summed E-state index contributed by atoms with van der Waals surface area (Å²) in [6.45, 7) is 2.31. The van der Waals surface area contributed by atoms with Crippen LogP contribution in [0.1, 0.15) is 37.6 Å². The van der Waals surface area contributed by atoms with E-state index in [2.05, 4.69) is 5.32 Å². The second-order valence-corrected chi connectivity index (χ2v) is 8.18. The Bertz CT molecular complexity index is 1110. The normalized spacial score (nSPS) is 10.5. The molecule has 2 amide bonds. The van der Waals surface area contributed by atoms with E-state index in [0.29, 0.717) is 22.0 Å². The highest BCUT2D eigenvalue weighted by atomic mass is 32.1. The molecule has 1 heterocycles. The molecule has 1 aromatic heterocycles. The molecule has 0 unspecified atom stereocenters. The summed E-state index contributed by atoms with van der Waals surface area (Å²) in [5, 5.41) is 3.20. The lowest BCUT2D eigenvalue weighted by Gasteiger charge is -2.22. The second-order valence-electron chi connectivity index (χ2n) is 7.13. The van der Waals surface area contributed by atoms with E-state index in [1.54, 1.807) is 17.9 Å². The molecular weight excluding hydrogens is 431 g/mol. The molecule has 2 aromatic carbocycles. The van der Waals surface area contributed by atoms with Crippen molar-refractivity contribution < 1.29 is 23.5 Å². The van der Waals surface area contributed by atoms with Gasteiger partial charge in [-0.3, -0.25) is 14.4 Å². The van der Waals surface area contributed by atoms with Gasteiger partial charge >= 0.3 is 5.97 Å². The molecule has 0 fully saturated rings. The second kappa shape index (κ2) is 10.7. The summed E-state index contributed by atoms with van der Waals surface area (Å²) in [7, 11) is 1.31. The summed E-state index contributed by atoms with van der Waals surface area (Å²) in [5.74, 6) is -1.61. The standard InChI is InChI=1S/C24H23FN2O4S/c1-16-13-20(26-23(29)18-9-6-10-19(25)14-18)32-22(16)24(30)27(12-11-21(28)31-2)15-17-7-4-3-5-8-17/h3-10,13-14H,11-12,15H2,1-2H3,(H,26,29). The number of nitrogens with zero attached hydrogens (tertiary/aromatic N) is 1. The third kappa shape index (κ3) is 6.01. The first-order valence-electron chi connectivity index (χ1n) is 9.94. The fourth-order valence-electron chi connectivity index (χ4n) is 3.10. The van der Waals surface area contributed by atoms with E-state index in [1.165, 1.54) is 25.3 Å². The van der Waals surface area contributed by atoms with Crippen LogP contribution < -0.4 is 5.32 Å². The van der Waals surface area contributed by atoms with Crippen molar-refractivity contribution >= 4 is 34.1 Å². The lowest BCUT2D eigenvalue weighted by Crippen LogP contribution is -2.32. The maximum atomic E-state index is 13.4. The molecule has 0 saturated heterocycles. The molecule has 0 aliphatic heterocycles. The van der Waals surface area contributed by atoms with E-state index in [4.69, 9.17) is 4.74 Å². The summed E-state index contributed by atoms with van der Waals surface area (Å²) >= 11 is 1.14. The van der Waals surface area contributed by atoms with Crippen molar-refractivity contribution in [2.75, 3.05) is 19.0 Å². The lowest BCUT2D eigenvalue weighted by atomic mass is 10.2. The molecule has 166 valence electrons.